The minimum absolute atomic E-state index is 0.205. The van der Waals surface area contributed by atoms with E-state index in [1.54, 1.807) is 36.5 Å². The first-order valence-electron chi connectivity index (χ1n) is 9.67. The van der Waals surface area contributed by atoms with E-state index in [4.69, 9.17) is 4.74 Å². The highest BCUT2D eigenvalue weighted by molar-refractivity contribution is 5.97. The molecule has 1 aromatic heterocycles. The second-order valence-electron chi connectivity index (χ2n) is 7.56. The third kappa shape index (κ3) is 4.33. The van der Waals surface area contributed by atoms with E-state index in [0.717, 1.165) is 16.5 Å². The molecule has 1 aliphatic carbocycles. The van der Waals surface area contributed by atoms with Gasteiger partial charge in [-0.05, 0) is 61.2 Å². The van der Waals surface area contributed by atoms with Crippen LogP contribution in [-0.4, -0.2) is 24.2 Å². The largest absolute Gasteiger partial charge is 0.497 e. The molecule has 0 unspecified atom stereocenters. The van der Waals surface area contributed by atoms with Gasteiger partial charge in [0.1, 0.15) is 5.75 Å². The molecule has 2 aromatic carbocycles. The number of carbonyl (C=O) groups excluding carboxylic acids is 1. The van der Waals surface area contributed by atoms with Crippen LogP contribution in [0.15, 0.2) is 48.7 Å². The van der Waals surface area contributed by atoms with Gasteiger partial charge in [-0.2, -0.15) is 13.2 Å². The molecule has 1 amide bonds. The third-order valence-electron chi connectivity index (χ3n) is 5.38. The predicted octanol–water partition coefficient (Wildman–Crippen LogP) is 4.88. The second kappa shape index (κ2) is 7.62. The highest BCUT2D eigenvalue weighted by Gasteiger charge is 2.47. The number of ether oxygens (including phenoxy) is 1. The summed E-state index contributed by atoms with van der Waals surface area (Å²) in [6, 6.07) is 12.0. The molecule has 7 heteroatoms. The second-order valence-corrected chi connectivity index (χ2v) is 7.56. The quantitative estimate of drug-likeness (QED) is 0.607. The molecule has 3 aromatic rings. The molecule has 4 nitrogen and oxygen atoms in total. The van der Waals surface area contributed by atoms with E-state index in [1.807, 2.05) is 13.0 Å². The molecule has 158 valence electrons. The van der Waals surface area contributed by atoms with Crippen molar-refractivity contribution in [2.24, 2.45) is 0 Å². The number of nitrogens with zero attached hydrogens (tertiary/aromatic N) is 1. The standard InChI is InChI=1S/C24H19F3N2O2/c1-15-5-6-17(31-2)14-19(15)22(30)29-23(9-10-23)20-12-16(7-8-24(25,26)27)13-21-18(20)4-3-11-28-21/h3-6,11-14H,9-10H2,1-2H3,(H,29,30). The number of nitrogens with one attached hydrogen (secondary N) is 1. The van der Waals surface area contributed by atoms with Gasteiger partial charge in [-0.1, -0.05) is 18.1 Å². The average Bonchev–Trinajstić information content (AvgIpc) is 3.51. The minimum atomic E-state index is -4.59. The number of fused-ring (bicyclic) bond motifs is 1. The molecule has 0 saturated heterocycles. The summed E-state index contributed by atoms with van der Waals surface area (Å²) < 4.78 is 43.0. The molecule has 0 radical (unpaired) electrons. The number of aryl methyl sites for hydroxylation is 1. The molecule has 1 N–H and O–H groups in total. The maximum atomic E-state index is 13.1. The number of halogens is 3. The molecular weight excluding hydrogens is 405 g/mol. The highest BCUT2D eigenvalue weighted by atomic mass is 19.4. The van der Waals surface area contributed by atoms with Crippen LogP contribution in [0.25, 0.3) is 10.9 Å². The van der Waals surface area contributed by atoms with Crippen LogP contribution in [0.5, 0.6) is 5.75 Å². The molecule has 1 fully saturated rings. The van der Waals surface area contributed by atoms with Gasteiger partial charge in [0.05, 0.1) is 18.2 Å². The summed E-state index contributed by atoms with van der Waals surface area (Å²) in [5, 5.41) is 3.87. The van der Waals surface area contributed by atoms with Crippen LogP contribution < -0.4 is 10.1 Å². The monoisotopic (exact) mass is 424 g/mol. The first kappa shape index (κ1) is 20.7. The Morgan fingerprint density at radius 1 is 1.19 bits per heavy atom. The van der Waals surface area contributed by atoms with Crippen molar-refractivity contribution in [3.63, 3.8) is 0 Å². The van der Waals surface area contributed by atoms with Gasteiger partial charge in [-0.25, -0.2) is 0 Å². The fraction of sp³-hybridized carbons (Fsp3) is 0.250. The Labute approximate surface area is 177 Å². The number of alkyl halides is 3. The molecule has 0 aliphatic heterocycles. The Kier molecular flexibility index (Phi) is 5.10. The van der Waals surface area contributed by atoms with Crippen LogP contribution in [-0.2, 0) is 5.54 Å². The molecule has 31 heavy (non-hydrogen) atoms. The van der Waals surface area contributed by atoms with Gasteiger partial charge < -0.3 is 10.1 Å². The van der Waals surface area contributed by atoms with E-state index in [-0.39, 0.29) is 11.5 Å². The Morgan fingerprint density at radius 2 is 1.97 bits per heavy atom. The highest BCUT2D eigenvalue weighted by Crippen LogP contribution is 2.48. The zero-order chi connectivity index (χ0) is 22.2. The minimum Gasteiger partial charge on any atom is -0.497 e. The molecule has 0 atom stereocenters. The molecule has 1 saturated carbocycles. The van der Waals surface area contributed by atoms with Gasteiger partial charge in [0.2, 0.25) is 0 Å². The Morgan fingerprint density at radius 3 is 2.65 bits per heavy atom. The lowest BCUT2D eigenvalue weighted by Gasteiger charge is -2.21. The van der Waals surface area contributed by atoms with E-state index in [9.17, 15) is 18.0 Å². The topological polar surface area (TPSA) is 51.2 Å². The Balaban J connectivity index is 1.75. The Hall–Kier alpha value is -3.53. The number of amides is 1. The maximum Gasteiger partial charge on any atom is 0.458 e. The molecule has 1 heterocycles. The van der Waals surface area contributed by atoms with Gasteiger partial charge >= 0.3 is 6.18 Å². The molecule has 4 rings (SSSR count). The number of aromatic nitrogens is 1. The fourth-order valence-corrected chi connectivity index (χ4v) is 3.64. The number of benzene rings is 2. The summed E-state index contributed by atoms with van der Waals surface area (Å²) in [5.41, 5.74) is 2.07. The van der Waals surface area contributed by atoms with Crippen molar-refractivity contribution in [2.45, 2.75) is 31.5 Å². The average molecular weight is 424 g/mol. The number of pyridine rings is 1. The summed E-state index contributed by atoms with van der Waals surface area (Å²) in [5.74, 6) is 3.79. The lowest BCUT2D eigenvalue weighted by molar-refractivity contribution is -0.0696. The van der Waals surface area contributed by atoms with Gasteiger partial charge in [-0.3, -0.25) is 9.78 Å². The van der Waals surface area contributed by atoms with Gasteiger partial charge in [0.25, 0.3) is 5.91 Å². The van der Waals surface area contributed by atoms with Crippen molar-refractivity contribution in [3.05, 3.63) is 70.9 Å². The van der Waals surface area contributed by atoms with Crippen LogP contribution in [0.1, 0.15) is 39.9 Å². The van der Waals surface area contributed by atoms with E-state index < -0.39 is 11.7 Å². The van der Waals surface area contributed by atoms with E-state index in [1.165, 1.54) is 19.1 Å². The van der Waals surface area contributed by atoms with Crippen LogP contribution in [0.4, 0.5) is 13.2 Å². The van der Waals surface area contributed by atoms with Crippen LogP contribution in [0.3, 0.4) is 0 Å². The first-order valence-corrected chi connectivity index (χ1v) is 9.67. The first-order chi connectivity index (χ1) is 14.7. The SMILES string of the molecule is COc1ccc(C)c(C(=O)NC2(c3cc(C#CC(F)(F)F)cc4ncccc34)CC2)c1. The summed E-state index contributed by atoms with van der Waals surface area (Å²) in [6.07, 6.45) is -1.68. The normalized spacial score (nSPS) is 14.5. The van der Waals surface area contributed by atoms with Crippen molar-refractivity contribution in [3.8, 4) is 17.6 Å². The maximum absolute atomic E-state index is 13.1. The van der Waals surface area contributed by atoms with Gasteiger partial charge in [0.15, 0.2) is 0 Å². The third-order valence-corrected chi connectivity index (χ3v) is 5.38. The fourth-order valence-electron chi connectivity index (χ4n) is 3.64. The molecule has 0 bridgehead atoms. The number of hydrogen-bond acceptors (Lipinski definition) is 3. The lowest BCUT2D eigenvalue weighted by atomic mass is 9.95. The number of methoxy groups -OCH3 is 1. The lowest BCUT2D eigenvalue weighted by Crippen LogP contribution is -2.35. The van der Waals surface area contributed by atoms with Crippen LogP contribution >= 0.6 is 0 Å². The van der Waals surface area contributed by atoms with E-state index in [0.29, 0.717) is 29.7 Å². The van der Waals surface area contributed by atoms with Gasteiger partial charge in [0, 0.05) is 28.6 Å². The van der Waals surface area contributed by atoms with Crippen LogP contribution in [0.2, 0.25) is 0 Å². The summed E-state index contributed by atoms with van der Waals surface area (Å²) in [6.45, 7) is 1.83. The van der Waals surface area contributed by atoms with Crippen LogP contribution in [0, 0.1) is 18.8 Å². The molecule has 1 aliphatic rings. The van der Waals surface area contributed by atoms with E-state index in [2.05, 4.69) is 16.2 Å². The van der Waals surface area contributed by atoms with Gasteiger partial charge in [-0.15, -0.1) is 0 Å². The van der Waals surface area contributed by atoms with E-state index >= 15 is 0 Å². The van der Waals surface area contributed by atoms with Crippen molar-refractivity contribution >= 4 is 16.8 Å². The number of rotatable bonds is 4. The van der Waals surface area contributed by atoms with Crippen molar-refractivity contribution < 1.29 is 22.7 Å². The number of hydrogen-bond donors (Lipinski definition) is 1. The summed E-state index contributed by atoms with van der Waals surface area (Å²) in [4.78, 5) is 17.4. The zero-order valence-electron chi connectivity index (χ0n) is 16.9. The van der Waals surface area contributed by atoms with Crippen molar-refractivity contribution in [1.29, 1.82) is 0 Å². The number of carbonyl (C=O) groups is 1. The summed E-state index contributed by atoms with van der Waals surface area (Å²) >= 11 is 0. The summed E-state index contributed by atoms with van der Waals surface area (Å²) in [7, 11) is 1.53. The smallest absolute Gasteiger partial charge is 0.458 e. The van der Waals surface area contributed by atoms with Crippen molar-refractivity contribution in [1.82, 2.24) is 10.3 Å². The van der Waals surface area contributed by atoms with Crippen molar-refractivity contribution in [2.75, 3.05) is 7.11 Å². The zero-order valence-corrected chi connectivity index (χ0v) is 16.9. The Bertz CT molecular complexity index is 1240. The molecule has 0 spiro atoms. The predicted molar refractivity (Wildman–Crippen MR) is 111 cm³/mol. The molecular formula is C24H19F3N2O2.